The maximum absolute atomic E-state index is 11.2. The number of fused-ring (bicyclic) bond motifs is 1. The predicted molar refractivity (Wildman–Crippen MR) is 85.0 cm³/mol. The number of rotatable bonds is 2. The van der Waals surface area contributed by atoms with Gasteiger partial charge >= 0.3 is 5.97 Å². The van der Waals surface area contributed by atoms with Crippen LogP contribution in [0.4, 0.5) is 0 Å². The summed E-state index contributed by atoms with van der Waals surface area (Å²) in [6, 6.07) is 13.1. The summed E-state index contributed by atoms with van der Waals surface area (Å²) >= 11 is 0. The van der Waals surface area contributed by atoms with E-state index >= 15 is 0 Å². The predicted octanol–water partition coefficient (Wildman–Crippen LogP) is 1.73. The Morgan fingerprint density at radius 1 is 1.18 bits per heavy atom. The largest absolute Gasteiger partial charge is 0.425 e. The van der Waals surface area contributed by atoms with Crippen molar-refractivity contribution in [2.45, 2.75) is 13.0 Å². The summed E-state index contributed by atoms with van der Waals surface area (Å²) in [5.74, 6) is -0.195. The van der Waals surface area contributed by atoms with E-state index in [2.05, 4.69) is 5.32 Å². The third kappa shape index (κ3) is 5.11. The molecule has 2 aromatic rings. The molecule has 1 fully saturated rings. The van der Waals surface area contributed by atoms with Gasteiger partial charge in [-0.3, -0.25) is 0 Å². The Morgan fingerprint density at radius 3 is 2.41 bits per heavy atom. The summed E-state index contributed by atoms with van der Waals surface area (Å²) < 4.78 is 10.0. The number of nitrogens with one attached hydrogen (secondary N) is 1. The fraction of sp³-hybridized carbons (Fsp3) is 0.353. The van der Waals surface area contributed by atoms with Gasteiger partial charge in [-0.15, -0.1) is 0 Å². The SMILES string of the molecule is C1COCCN1.CC(O)C(=O)Oc1ccc2ccccc2c1. The van der Waals surface area contributed by atoms with Gasteiger partial charge in [0.05, 0.1) is 13.2 Å². The van der Waals surface area contributed by atoms with Crippen molar-refractivity contribution in [1.82, 2.24) is 5.32 Å². The minimum Gasteiger partial charge on any atom is -0.425 e. The molecular formula is C17H21NO4. The Balaban J connectivity index is 0.000000246. The number of ether oxygens (including phenoxy) is 2. The first-order valence-corrected chi connectivity index (χ1v) is 7.34. The van der Waals surface area contributed by atoms with E-state index < -0.39 is 12.1 Å². The summed E-state index contributed by atoms with van der Waals surface area (Å²) in [6.07, 6.45) is -1.11. The number of aliphatic hydroxyl groups is 1. The van der Waals surface area contributed by atoms with Crippen LogP contribution in [0.15, 0.2) is 42.5 Å². The molecule has 0 radical (unpaired) electrons. The van der Waals surface area contributed by atoms with Crippen LogP contribution in [0.5, 0.6) is 5.75 Å². The zero-order valence-corrected chi connectivity index (χ0v) is 12.6. The average molecular weight is 303 g/mol. The minimum absolute atomic E-state index is 0.449. The number of esters is 1. The van der Waals surface area contributed by atoms with Crippen LogP contribution >= 0.6 is 0 Å². The molecule has 1 heterocycles. The van der Waals surface area contributed by atoms with Crippen molar-refractivity contribution in [3.05, 3.63) is 42.5 Å². The molecular weight excluding hydrogens is 282 g/mol. The smallest absolute Gasteiger partial charge is 0.340 e. The van der Waals surface area contributed by atoms with Gasteiger partial charge in [0.1, 0.15) is 11.9 Å². The van der Waals surface area contributed by atoms with Crippen molar-refractivity contribution in [2.24, 2.45) is 0 Å². The van der Waals surface area contributed by atoms with Crippen LogP contribution in [0.25, 0.3) is 10.8 Å². The second-order valence-electron chi connectivity index (χ2n) is 4.97. The highest BCUT2D eigenvalue weighted by Crippen LogP contribution is 2.20. The lowest BCUT2D eigenvalue weighted by atomic mass is 10.1. The molecule has 5 heteroatoms. The number of aliphatic hydroxyl groups excluding tert-OH is 1. The molecule has 22 heavy (non-hydrogen) atoms. The fourth-order valence-corrected chi connectivity index (χ4v) is 1.95. The van der Waals surface area contributed by atoms with Gasteiger partial charge in [-0.1, -0.05) is 30.3 Å². The maximum atomic E-state index is 11.2. The van der Waals surface area contributed by atoms with Crippen LogP contribution in [-0.2, 0) is 9.53 Å². The number of benzene rings is 2. The van der Waals surface area contributed by atoms with Gasteiger partial charge in [-0.25, -0.2) is 4.79 Å². The highest BCUT2D eigenvalue weighted by atomic mass is 16.5. The number of hydrogen-bond acceptors (Lipinski definition) is 5. The Bertz CT molecular complexity index is 597. The molecule has 3 rings (SSSR count). The molecule has 0 aromatic heterocycles. The topological polar surface area (TPSA) is 67.8 Å². The Kier molecular flexibility index (Phi) is 6.33. The highest BCUT2D eigenvalue weighted by molar-refractivity contribution is 5.85. The number of carbonyl (C=O) groups excluding carboxylic acids is 1. The molecule has 0 saturated carbocycles. The first-order chi connectivity index (χ1) is 10.7. The Morgan fingerprint density at radius 2 is 1.86 bits per heavy atom. The standard InChI is InChI=1S/C13H12O3.C4H9NO/c1-9(14)13(15)16-12-7-6-10-4-2-3-5-11(10)8-12;1-3-6-4-2-5-1/h2-9,14H,1H3;5H,1-4H2. The Labute approximate surface area is 129 Å². The van der Waals surface area contributed by atoms with Crippen molar-refractivity contribution in [1.29, 1.82) is 0 Å². The van der Waals surface area contributed by atoms with Gasteiger partial charge < -0.3 is 19.9 Å². The third-order valence-electron chi connectivity index (χ3n) is 3.13. The summed E-state index contributed by atoms with van der Waals surface area (Å²) in [5.41, 5.74) is 0. The van der Waals surface area contributed by atoms with Gasteiger partial charge in [0, 0.05) is 13.1 Å². The van der Waals surface area contributed by atoms with Crippen molar-refractivity contribution in [2.75, 3.05) is 26.3 Å². The molecule has 0 aliphatic carbocycles. The van der Waals surface area contributed by atoms with E-state index in [1.54, 1.807) is 12.1 Å². The van der Waals surface area contributed by atoms with E-state index in [4.69, 9.17) is 14.6 Å². The van der Waals surface area contributed by atoms with Crippen LogP contribution in [0.1, 0.15) is 6.92 Å². The molecule has 1 atom stereocenters. The first kappa shape index (κ1) is 16.4. The van der Waals surface area contributed by atoms with Crippen LogP contribution < -0.4 is 10.1 Å². The van der Waals surface area contributed by atoms with E-state index in [0.717, 1.165) is 37.1 Å². The molecule has 5 nitrogen and oxygen atoms in total. The van der Waals surface area contributed by atoms with Gasteiger partial charge in [0.25, 0.3) is 0 Å². The molecule has 0 bridgehead atoms. The van der Waals surface area contributed by atoms with E-state index in [1.165, 1.54) is 6.92 Å². The van der Waals surface area contributed by atoms with Crippen molar-refractivity contribution < 1.29 is 19.4 Å². The summed E-state index contributed by atoms with van der Waals surface area (Å²) in [7, 11) is 0. The molecule has 2 aromatic carbocycles. The maximum Gasteiger partial charge on any atom is 0.340 e. The van der Waals surface area contributed by atoms with Gasteiger partial charge in [0.2, 0.25) is 0 Å². The fourth-order valence-electron chi connectivity index (χ4n) is 1.95. The number of hydrogen-bond donors (Lipinski definition) is 2. The van der Waals surface area contributed by atoms with E-state index in [1.807, 2.05) is 30.3 Å². The van der Waals surface area contributed by atoms with Crippen molar-refractivity contribution >= 4 is 16.7 Å². The van der Waals surface area contributed by atoms with Crippen molar-refractivity contribution in [3.8, 4) is 5.75 Å². The molecule has 1 aliphatic heterocycles. The second-order valence-corrected chi connectivity index (χ2v) is 4.97. The molecule has 0 spiro atoms. The highest BCUT2D eigenvalue weighted by Gasteiger charge is 2.11. The lowest BCUT2D eigenvalue weighted by Gasteiger charge is -2.10. The molecule has 118 valence electrons. The van der Waals surface area contributed by atoms with Crippen LogP contribution in [0, 0.1) is 0 Å². The van der Waals surface area contributed by atoms with E-state index in [0.29, 0.717) is 5.75 Å². The van der Waals surface area contributed by atoms with Crippen LogP contribution in [0.2, 0.25) is 0 Å². The first-order valence-electron chi connectivity index (χ1n) is 7.34. The second kappa shape index (κ2) is 8.48. The molecule has 2 N–H and O–H groups in total. The number of morpholine rings is 1. The zero-order valence-electron chi connectivity index (χ0n) is 12.6. The molecule has 1 saturated heterocycles. The molecule has 1 aliphatic rings. The monoisotopic (exact) mass is 303 g/mol. The van der Waals surface area contributed by atoms with Gasteiger partial charge in [0.15, 0.2) is 0 Å². The lowest BCUT2D eigenvalue weighted by molar-refractivity contribution is -0.142. The quantitative estimate of drug-likeness (QED) is 0.653. The van der Waals surface area contributed by atoms with Crippen LogP contribution in [0.3, 0.4) is 0 Å². The van der Waals surface area contributed by atoms with Gasteiger partial charge in [-0.2, -0.15) is 0 Å². The normalized spacial score (nSPS) is 15.5. The minimum atomic E-state index is -1.11. The molecule has 1 unspecified atom stereocenters. The summed E-state index contributed by atoms with van der Waals surface area (Å²) in [4.78, 5) is 11.2. The van der Waals surface area contributed by atoms with Crippen molar-refractivity contribution in [3.63, 3.8) is 0 Å². The molecule has 0 amide bonds. The summed E-state index contributed by atoms with van der Waals surface area (Å²) in [6.45, 7) is 5.21. The summed E-state index contributed by atoms with van der Waals surface area (Å²) in [5, 5.41) is 14.3. The third-order valence-corrected chi connectivity index (χ3v) is 3.13. The van der Waals surface area contributed by atoms with Gasteiger partial charge in [-0.05, 0) is 29.8 Å². The Hall–Kier alpha value is -1.95. The average Bonchev–Trinajstić information content (AvgIpc) is 2.57. The van der Waals surface area contributed by atoms with E-state index in [-0.39, 0.29) is 0 Å². The number of carbonyl (C=O) groups is 1. The zero-order chi connectivity index (χ0) is 15.8. The van der Waals surface area contributed by atoms with E-state index in [9.17, 15) is 4.79 Å². The lowest BCUT2D eigenvalue weighted by Crippen LogP contribution is -2.30. The van der Waals surface area contributed by atoms with Crippen LogP contribution in [-0.4, -0.2) is 43.5 Å².